The lowest BCUT2D eigenvalue weighted by molar-refractivity contribution is -0.690. The van der Waals surface area contributed by atoms with Crippen LogP contribution in [0.3, 0.4) is 0 Å². The zero-order valence-electron chi connectivity index (χ0n) is 12.1. The summed E-state index contributed by atoms with van der Waals surface area (Å²) in [4.78, 5) is 23.1. The number of pyridine rings is 1. The van der Waals surface area contributed by atoms with Crippen LogP contribution < -0.4 is 15.2 Å². The van der Waals surface area contributed by atoms with E-state index < -0.39 is 0 Å². The van der Waals surface area contributed by atoms with Gasteiger partial charge < -0.3 is 10.6 Å². The molecule has 0 unspecified atom stereocenters. The molecule has 1 aromatic carbocycles. The van der Waals surface area contributed by atoms with Gasteiger partial charge in [-0.1, -0.05) is 12.1 Å². The van der Waals surface area contributed by atoms with Crippen molar-refractivity contribution in [1.29, 1.82) is 0 Å². The first-order chi connectivity index (χ1) is 10.0. The van der Waals surface area contributed by atoms with Crippen LogP contribution in [0.25, 0.3) is 0 Å². The number of nitrogens with one attached hydrogen (secondary N) is 2. The molecule has 0 radical (unpaired) electrons. The number of aromatic nitrogens is 1. The van der Waals surface area contributed by atoms with E-state index in [1.54, 1.807) is 24.3 Å². The van der Waals surface area contributed by atoms with E-state index >= 15 is 0 Å². The molecule has 0 aliphatic rings. The lowest BCUT2D eigenvalue weighted by Crippen LogP contribution is -2.42. The molecule has 0 aliphatic carbocycles. The van der Waals surface area contributed by atoms with Crippen LogP contribution in [0.2, 0.25) is 0 Å². The Hall–Kier alpha value is -2.69. The van der Waals surface area contributed by atoms with E-state index in [9.17, 15) is 9.59 Å². The van der Waals surface area contributed by atoms with Gasteiger partial charge in [-0.05, 0) is 18.2 Å². The molecule has 2 amide bonds. The largest absolute Gasteiger partial charge is 0.326 e. The highest BCUT2D eigenvalue weighted by atomic mass is 16.2. The Bertz CT molecular complexity index is 668. The monoisotopic (exact) mass is 284 g/mol. The molecule has 2 N–H and O–H groups in total. The molecule has 1 heterocycles. The maximum atomic E-state index is 12.0. The molecule has 108 valence electrons. The molecule has 21 heavy (non-hydrogen) atoms. The third-order valence-corrected chi connectivity index (χ3v) is 2.95. The smallest absolute Gasteiger partial charge is 0.290 e. The van der Waals surface area contributed by atoms with E-state index in [2.05, 4.69) is 10.6 Å². The number of carbonyl (C=O) groups excluding carboxylic acids is 2. The first-order valence-electron chi connectivity index (χ1n) is 6.67. The molecule has 0 saturated carbocycles. The highest BCUT2D eigenvalue weighted by Crippen LogP contribution is 2.14. The average molecular weight is 284 g/mol. The van der Waals surface area contributed by atoms with Crippen LogP contribution in [0, 0.1) is 6.92 Å². The average Bonchev–Trinajstić information content (AvgIpc) is 2.41. The summed E-state index contributed by atoms with van der Waals surface area (Å²) >= 11 is 0. The van der Waals surface area contributed by atoms with Crippen LogP contribution >= 0.6 is 0 Å². The predicted octanol–water partition coefficient (Wildman–Crippen LogP) is 1.88. The van der Waals surface area contributed by atoms with Crippen molar-refractivity contribution < 1.29 is 14.2 Å². The lowest BCUT2D eigenvalue weighted by Gasteiger charge is -2.07. The van der Waals surface area contributed by atoms with Crippen LogP contribution in [0.5, 0.6) is 0 Å². The quantitative estimate of drug-likeness (QED) is 0.842. The van der Waals surface area contributed by atoms with Gasteiger partial charge in [0, 0.05) is 37.4 Å². The van der Waals surface area contributed by atoms with Gasteiger partial charge in [0.25, 0.3) is 5.91 Å². The third-order valence-electron chi connectivity index (χ3n) is 2.95. The van der Waals surface area contributed by atoms with Gasteiger partial charge >= 0.3 is 0 Å². The molecule has 2 aromatic rings. The Morgan fingerprint density at radius 2 is 1.76 bits per heavy atom. The maximum absolute atomic E-state index is 12.0. The Morgan fingerprint density at radius 3 is 2.43 bits per heavy atom. The number of aryl methyl sites for hydroxylation is 1. The van der Waals surface area contributed by atoms with Gasteiger partial charge in [-0.25, -0.2) is 0 Å². The first-order valence-corrected chi connectivity index (χ1v) is 6.67. The van der Waals surface area contributed by atoms with E-state index in [0.29, 0.717) is 11.4 Å². The second kappa shape index (κ2) is 6.65. The van der Waals surface area contributed by atoms with Crippen molar-refractivity contribution in [2.75, 3.05) is 10.6 Å². The van der Waals surface area contributed by atoms with Gasteiger partial charge in [-0.2, -0.15) is 4.57 Å². The fourth-order valence-corrected chi connectivity index (χ4v) is 1.97. The van der Waals surface area contributed by atoms with Crippen LogP contribution in [0.4, 0.5) is 11.4 Å². The topological polar surface area (TPSA) is 62.1 Å². The minimum absolute atomic E-state index is 0.116. The number of anilines is 2. The van der Waals surface area contributed by atoms with Crippen molar-refractivity contribution >= 4 is 23.2 Å². The van der Waals surface area contributed by atoms with Gasteiger partial charge in [0.05, 0.1) is 0 Å². The molecule has 5 nitrogen and oxygen atoms in total. The van der Waals surface area contributed by atoms with Crippen molar-refractivity contribution in [2.24, 2.45) is 0 Å². The van der Waals surface area contributed by atoms with Crippen LogP contribution in [-0.2, 0) is 16.1 Å². The Labute approximate surface area is 123 Å². The van der Waals surface area contributed by atoms with Gasteiger partial charge in [-0.3, -0.25) is 9.59 Å². The zero-order chi connectivity index (χ0) is 15.2. The van der Waals surface area contributed by atoms with E-state index in [1.165, 1.54) is 6.92 Å². The molecular formula is C16H18N3O2+. The minimum atomic E-state index is -0.144. The van der Waals surface area contributed by atoms with E-state index in [-0.39, 0.29) is 18.4 Å². The van der Waals surface area contributed by atoms with E-state index in [4.69, 9.17) is 0 Å². The van der Waals surface area contributed by atoms with Crippen LogP contribution in [0.15, 0.2) is 48.7 Å². The Morgan fingerprint density at radius 1 is 1.05 bits per heavy atom. The van der Waals surface area contributed by atoms with Gasteiger partial charge in [0.2, 0.25) is 12.5 Å². The second-order valence-electron chi connectivity index (χ2n) is 4.78. The number of benzene rings is 1. The highest BCUT2D eigenvalue weighted by molar-refractivity contribution is 5.92. The van der Waals surface area contributed by atoms with Crippen LogP contribution in [0.1, 0.15) is 12.6 Å². The molecule has 0 bridgehead atoms. The molecule has 1 aromatic heterocycles. The summed E-state index contributed by atoms with van der Waals surface area (Å²) in [6.45, 7) is 3.64. The number of hydrogen-bond acceptors (Lipinski definition) is 2. The lowest BCUT2D eigenvalue weighted by atomic mass is 10.2. The molecule has 0 spiro atoms. The first kappa shape index (κ1) is 14.7. The molecule has 5 heteroatoms. The van der Waals surface area contributed by atoms with Crippen LogP contribution in [-0.4, -0.2) is 11.8 Å². The zero-order valence-corrected chi connectivity index (χ0v) is 12.1. The molecular weight excluding hydrogens is 266 g/mol. The van der Waals surface area contributed by atoms with Crippen molar-refractivity contribution in [3.8, 4) is 0 Å². The Kier molecular flexibility index (Phi) is 4.66. The van der Waals surface area contributed by atoms with E-state index in [1.807, 2.05) is 35.9 Å². The number of nitrogens with zero attached hydrogens (tertiary/aromatic N) is 1. The summed E-state index contributed by atoms with van der Waals surface area (Å²) in [5, 5.41) is 5.50. The summed E-state index contributed by atoms with van der Waals surface area (Å²) in [7, 11) is 0. The number of hydrogen-bond donors (Lipinski definition) is 2. The standard InChI is InChI=1S/C16H17N3O2/c1-12-6-3-4-9-19(12)11-16(21)18-15-8-5-7-14(10-15)17-13(2)20/h3-10H,11H2,1-2H3,(H-,17,18,20,21)/p+1. The van der Waals surface area contributed by atoms with Crippen molar-refractivity contribution in [2.45, 2.75) is 20.4 Å². The summed E-state index contributed by atoms with van der Waals surface area (Å²) in [6, 6.07) is 12.8. The summed E-state index contributed by atoms with van der Waals surface area (Å²) in [6.07, 6.45) is 1.86. The fourth-order valence-electron chi connectivity index (χ4n) is 1.97. The SMILES string of the molecule is CC(=O)Nc1cccc(NC(=O)C[n+]2ccccc2C)c1. The summed E-state index contributed by atoms with van der Waals surface area (Å²) in [5.41, 5.74) is 2.32. The number of carbonyl (C=O) groups is 2. The molecule has 0 atom stereocenters. The normalized spacial score (nSPS) is 10.0. The minimum Gasteiger partial charge on any atom is -0.326 e. The third kappa shape index (κ3) is 4.42. The fraction of sp³-hybridized carbons (Fsp3) is 0.188. The van der Waals surface area contributed by atoms with Gasteiger partial charge in [-0.15, -0.1) is 0 Å². The van der Waals surface area contributed by atoms with Gasteiger partial charge in [0.1, 0.15) is 0 Å². The summed E-state index contributed by atoms with van der Waals surface area (Å²) < 4.78 is 1.87. The molecule has 0 fully saturated rings. The molecule has 0 aliphatic heterocycles. The van der Waals surface area contributed by atoms with E-state index in [0.717, 1.165) is 5.69 Å². The summed E-state index contributed by atoms with van der Waals surface area (Å²) in [5.74, 6) is -0.261. The number of rotatable bonds is 4. The predicted molar refractivity (Wildman–Crippen MR) is 80.7 cm³/mol. The van der Waals surface area contributed by atoms with Crippen molar-refractivity contribution in [1.82, 2.24) is 0 Å². The van der Waals surface area contributed by atoms with Gasteiger partial charge in [0.15, 0.2) is 11.9 Å². The second-order valence-corrected chi connectivity index (χ2v) is 4.78. The maximum Gasteiger partial charge on any atom is 0.290 e. The number of amides is 2. The molecule has 2 rings (SSSR count). The Balaban J connectivity index is 2.03. The van der Waals surface area contributed by atoms with Crippen molar-refractivity contribution in [3.63, 3.8) is 0 Å². The highest BCUT2D eigenvalue weighted by Gasteiger charge is 2.11. The molecule has 0 saturated heterocycles. The van der Waals surface area contributed by atoms with Crippen molar-refractivity contribution in [3.05, 3.63) is 54.4 Å².